The Morgan fingerprint density at radius 2 is 2.21 bits per heavy atom. The number of ether oxygens (including phenoxy) is 1. The van der Waals surface area contributed by atoms with Gasteiger partial charge in [-0.05, 0) is 42.4 Å². The predicted molar refractivity (Wildman–Crippen MR) is 76.0 cm³/mol. The molecule has 0 N–H and O–H groups in total. The van der Waals surface area contributed by atoms with Crippen molar-refractivity contribution in [2.24, 2.45) is 11.8 Å². The van der Waals surface area contributed by atoms with Crippen molar-refractivity contribution in [3.05, 3.63) is 35.9 Å². The molecule has 0 aromatic heterocycles. The van der Waals surface area contributed by atoms with Gasteiger partial charge in [0, 0.05) is 5.92 Å². The molecule has 1 fully saturated rings. The van der Waals surface area contributed by atoms with Crippen LogP contribution in [0.5, 0.6) is 5.75 Å². The molecule has 0 saturated heterocycles. The topological polar surface area (TPSA) is 26.3 Å². The average molecular weight is 256 g/mol. The van der Waals surface area contributed by atoms with E-state index in [0.717, 1.165) is 24.2 Å². The maximum atomic E-state index is 12.2. The van der Waals surface area contributed by atoms with Crippen molar-refractivity contribution in [2.45, 2.75) is 38.5 Å². The molecular weight excluding hydrogens is 236 g/mol. The first-order valence-corrected chi connectivity index (χ1v) is 7.21. The van der Waals surface area contributed by atoms with Crippen LogP contribution in [0.3, 0.4) is 0 Å². The number of hydrogen-bond donors (Lipinski definition) is 0. The van der Waals surface area contributed by atoms with Crippen molar-refractivity contribution < 1.29 is 9.53 Å². The average Bonchev–Trinajstić information content (AvgIpc) is 2.46. The molecule has 19 heavy (non-hydrogen) atoms. The Balaban J connectivity index is 1.96. The van der Waals surface area contributed by atoms with Crippen molar-refractivity contribution in [3.63, 3.8) is 0 Å². The van der Waals surface area contributed by atoms with E-state index < -0.39 is 0 Å². The lowest BCUT2D eigenvalue weighted by Crippen LogP contribution is -2.36. The largest absolute Gasteiger partial charge is 0.426 e. The van der Waals surface area contributed by atoms with Gasteiger partial charge in [0.05, 0.1) is 5.92 Å². The van der Waals surface area contributed by atoms with Gasteiger partial charge >= 0.3 is 5.97 Å². The smallest absolute Gasteiger partial charge is 0.314 e. The zero-order valence-corrected chi connectivity index (χ0v) is 11.4. The molecule has 0 amide bonds. The quantitative estimate of drug-likeness (QED) is 0.586. The molecule has 1 aromatic rings. The molecule has 100 valence electrons. The summed E-state index contributed by atoms with van der Waals surface area (Å²) in [5, 5.41) is 0. The third kappa shape index (κ3) is 2.09. The van der Waals surface area contributed by atoms with Gasteiger partial charge in [-0.15, -0.1) is 0 Å². The summed E-state index contributed by atoms with van der Waals surface area (Å²) in [4.78, 5) is 12.2. The first-order chi connectivity index (χ1) is 9.22. The van der Waals surface area contributed by atoms with Crippen molar-refractivity contribution >= 4 is 12.0 Å². The fourth-order valence-electron chi connectivity index (χ4n) is 3.52. The van der Waals surface area contributed by atoms with E-state index in [1.807, 2.05) is 6.07 Å². The van der Waals surface area contributed by atoms with E-state index in [2.05, 4.69) is 25.6 Å². The molecule has 2 heteroatoms. The van der Waals surface area contributed by atoms with Gasteiger partial charge in [-0.25, -0.2) is 0 Å². The van der Waals surface area contributed by atoms with Crippen LogP contribution in [-0.2, 0) is 4.79 Å². The molecule has 2 nitrogen and oxygen atoms in total. The van der Waals surface area contributed by atoms with Crippen LogP contribution in [0, 0.1) is 11.8 Å². The van der Waals surface area contributed by atoms with E-state index in [-0.39, 0.29) is 11.9 Å². The Bertz CT molecular complexity index is 518. The number of fused-ring (bicyclic) bond motifs is 3. The van der Waals surface area contributed by atoms with E-state index >= 15 is 0 Å². The molecule has 1 aliphatic heterocycles. The zero-order valence-electron chi connectivity index (χ0n) is 11.4. The SMILES string of the molecule is C=Cc1ccc2c(c1)OC(=O)C1CC(CC)CCC21. The van der Waals surface area contributed by atoms with Crippen LogP contribution >= 0.6 is 0 Å². The van der Waals surface area contributed by atoms with E-state index in [1.165, 1.54) is 18.4 Å². The summed E-state index contributed by atoms with van der Waals surface area (Å²) < 4.78 is 5.55. The number of benzene rings is 1. The van der Waals surface area contributed by atoms with Crippen molar-refractivity contribution in [1.82, 2.24) is 0 Å². The summed E-state index contributed by atoms with van der Waals surface area (Å²) in [6, 6.07) is 6.11. The van der Waals surface area contributed by atoms with Gasteiger partial charge in [-0.3, -0.25) is 4.79 Å². The van der Waals surface area contributed by atoms with Gasteiger partial charge < -0.3 is 4.74 Å². The highest BCUT2D eigenvalue weighted by atomic mass is 16.5. The third-order valence-corrected chi connectivity index (χ3v) is 4.72. The Morgan fingerprint density at radius 1 is 1.37 bits per heavy atom. The summed E-state index contributed by atoms with van der Waals surface area (Å²) >= 11 is 0. The van der Waals surface area contributed by atoms with Gasteiger partial charge in [-0.2, -0.15) is 0 Å². The van der Waals surface area contributed by atoms with Crippen LogP contribution in [-0.4, -0.2) is 5.97 Å². The van der Waals surface area contributed by atoms with Crippen LogP contribution in [0.15, 0.2) is 24.8 Å². The third-order valence-electron chi connectivity index (χ3n) is 4.72. The Hall–Kier alpha value is -1.57. The number of hydrogen-bond acceptors (Lipinski definition) is 2. The van der Waals surface area contributed by atoms with E-state index in [4.69, 9.17) is 4.74 Å². The first kappa shape index (κ1) is 12.5. The normalized spacial score (nSPS) is 29.1. The van der Waals surface area contributed by atoms with Gasteiger partial charge in [-0.1, -0.05) is 38.1 Å². The van der Waals surface area contributed by atoms with Gasteiger partial charge in [0.1, 0.15) is 5.75 Å². The lowest BCUT2D eigenvalue weighted by Gasteiger charge is -2.38. The molecule has 0 bridgehead atoms. The molecule has 3 atom stereocenters. The Morgan fingerprint density at radius 3 is 2.95 bits per heavy atom. The second-order valence-corrected chi connectivity index (χ2v) is 5.72. The maximum Gasteiger partial charge on any atom is 0.314 e. The number of esters is 1. The molecule has 1 saturated carbocycles. The lowest BCUT2D eigenvalue weighted by atomic mass is 9.69. The molecule has 2 aliphatic rings. The highest BCUT2D eigenvalue weighted by molar-refractivity contribution is 5.80. The predicted octanol–water partition coefficient (Wildman–Crippen LogP) is 4.16. The highest BCUT2D eigenvalue weighted by Crippen LogP contribution is 2.47. The van der Waals surface area contributed by atoms with Crippen molar-refractivity contribution in [3.8, 4) is 5.75 Å². The molecule has 1 heterocycles. The van der Waals surface area contributed by atoms with Crippen LogP contribution in [0.1, 0.15) is 49.7 Å². The van der Waals surface area contributed by atoms with E-state index in [1.54, 1.807) is 6.08 Å². The number of carbonyl (C=O) groups excluding carboxylic acids is 1. The lowest BCUT2D eigenvalue weighted by molar-refractivity contribution is -0.143. The van der Waals surface area contributed by atoms with Gasteiger partial charge in [0.25, 0.3) is 0 Å². The molecule has 3 rings (SSSR count). The summed E-state index contributed by atoms with van der Waals surface area (Å²) in [6.07, 6.45) is 6.28. The van der Waals surface area contributed by atoms with Gasteiger partial charge in [0.2, 0.25) is 0 Å². The van der Waals surface area contributed by atoms with Crippen LogP contribution < -0.4 is 4.74 Å². The molecule has 0 spiro atoms. The van der Waals surface area contributed by atoms with Gasteiger partial charge in [0.15, 0.2) is 0 Å². The summed E-state index contributed by atoms with van der Waals surface area (Å²) in [5.74, 6) is 1.83. The molecule has 0 radical (unpaired) electrons. The summed E-state index contributed by atoms with van der Waals surface area (Å²) in [5.41, 5.74) is 2.22. The Labute approximate surface area is 114 Å². The minimum atomic E-state index is -0.0307. The second-order valence-electron chi connectivity index (χ2n) is 5.72. The monoisotopic (exact) mass is 256 g/mol. The van der Waals surface area contributed by atoms with Crippen molar-refractivity contribution in [1.29, 1.82) is 0 Å². The highest BCUT2D eigenvalue weighted by Gasteiger charge is 2.41. The summed E-state index contributed by atoms with van der Waals surface area (Å²) in [6.45, 7) is 5.97. The van der Waals surface area contributed by atoms with E-state index in [0.29, 0.717) is 11.8 Å². The maximum absolute atomic E-state index is 12.2. The molecule has 3 unspecified atom stereocenters. The minimum absolute atomic E-state index is 0.0307. The second kappa shape index (κ2) is 4.84. The van der Waals surface area contributed by atoms with Crippen molar-refractivity contribution in [2.75, 3.05) is 0 Å². The molecule has 1 aromatic carbocycles. The Kier molecular flexibility index (Phi) is 3.17. The fraction of sp³-hybridized carbons (Fsp3) is 0.471. The fourth-order valence-corrected chi connectivity index (χ4v) is 3.52. The van der Waals surface area contributed by atoms with Crippen LogP contribution in [0.25, 0.3) is 6.08 Å². The number of rotatable bonds is 2. The zero-order chi connectivity index (χ0) is 13.4. The van der Waals surface area contributed by atoms with Crippen LogP contribution in [0.2, 0.25) is 0 Å². The minimum Gasteiger partial charge on any atom is -0.426 e. The number of carbonyl (C=O) groups is 1. The van der Waals surface area contributed by atoms with E-state index in [9.17, 15) is 4.79 Å². The molecule has 1 aliphatic carbocycles. The van der Waals surface area contributed by atoms with Crippen LogP contribution in [0.4, 0.5) is 0 Å². The first-order valence-electron chi connectivity index (χ1n) is 7.21. The molecular formula is C17H20O2. The standard InChI is InChI=1S/C17H20O2/c1-3-11-5-7-13-14-8-6-12(4-2)10-16(14)19-17(18)15(13)9-11/h4,6,8,10-11,13,15H,2-3,5,7,9H2,1H3. The summed E-state index contributed by atoms with van der Waals surface area (Å²) in [7, 11) is 0.